The summed E-state index contributed by atoms with van der Waals surface area (Å²) in [5.74, 6) is -1.61. The van der Waals surface area contributed by atoms with E-state index in [1.165, 1.54) is 29.1 Å². The number of nitrogens with one attached hydrogen (secondary N) is 3. The molecule has 0 radical (unpaired) electrons. The van der Waals surface area contributed by atoms with Gasteiger partial charge in [-0.15, -0.1) is 13.2 Å². The third-order valence-corrected chi connectivity index (χ3v) is 5.89. The predicted octanol–water partition coefficient (Wildman–Crippen LogP) is 6.31. The van der Waals surface area contributed by atoms with Crippen LogP contribution in [-0.2, 0) is 7.05 Å². The van der Waals surface area contributed by atoms with Gasteiger partial charge in [0.1, 0.15) is 11.6 Å². The molecule has 0 bridgehead atoms. The van der Waals surface area contributed by atoms with Crippen molar-refractivity contribution in [3.05, 3.63) is 83.3 Å². The normalized spacial score (nSPS) is 11.7. The van der Waals surface area contributed by atoms with Gasteiger partial charge >= 0.3 is 6.36 Å². The van der Waals surface area contributed by atoms with Crippen molar-refractivity contribution >= 4 is 51.7 Å². The van der Waals surface area contributed by atoms with Crippen LogP contribution in [0.1, 0.15) is 41.4 Å². The monoisotopic (exact) mass is 572 g/mol. The maximum Gasteiger partial charge on any atom is 0.573 e. The van der Waals surface area contributed by atoms with Crippen LogP contribution in [0.4, 0.5) is 28.9 Å². The summed E-state index contributed by atoms with van der Waals surface area (Å²) in [6.45, 7) is 4.14. The Hall–Kier alpha value is -4.52. The van der Waals surface area contributed by atoms with Crippen molar-refractivity contribution in [1.82, 2.24) is 15.2 Å². The molecular weight excluding hydrogens is 548 g/mol. The zero-order chi connectivity index (χ0) is 29.0. The first kappa shape index (κ1) is 28.5. The molecule has 0 saturated carbocycles. The molecule has 0 aliphatic rings. The topological polar surface area (TPSA) is 92.6 Å². The van der Waals surface area contributed by atoms with E-state index in [2.05, 4.69) is 44.8 Å². The largest absolute Gasteiger partial charge is 0.573 e. The lowest BCUT2D eigenvalue weighted by atomic mass is 10.0. The van der Waals surface area contributed by atoms with E-state index < -0.39 is 23.8 Å². The lowest BCUT2D eigenvalue weighted by Gasteiger charge is -2.14. The fourth-order valence-corrected chi connectivity index (χ4v) is 4.11. The lowest BCUT2D eigenvalue weighted by Crippen LogP contribution is -2.24. The second-order valence-electron chi connectivity index (χ2n) is 8.96. The number of hydrazone groups is 1. The minimum atomic E-state index is -4.84. The highest BCUT2D eigenvalue weighted by molar-refractivity contribution is 7.80. The van der Waals surface area contributed by atoms with Crippen molar-refractivity contribution in [2.45, 2.75) is 26.1 Å². The molecular formula is C27H24F4N6O2S. The number of rotatable bonds is 7. The molecule has 0 unspecified atom stereocenters. The number of carbonyl (C=O) groups is 1. The first-order valence-corrected chi connectivity index (χ1v) is 12.3. The molecule has 3 aromatic carbocycles. The van der Waals surface area contributed by atoms with E-state index in [4.69, 9.17) is 12.2 Å². The summed E-state index contributed by atoms with van der Waals surface area (Å²) >= 11 is 5.31. The molecule has 1 heterocycles. The Morgan fingerprint density at radius 2 is 1.80 bits per heavy atom. The number of benzene rings is 3. The number of fused-ring (bicyclic) bond motifs is 1. The molecule has 4 rings (SSSR count). The Balaban J connectivity index is 1.46. The van der Waals surface area contributed by atoms with E-state index in [-0.39, 0.29) is 27.8 Å². The quantitative estimate of drug-likeness (QED) is 0.104. The molecule has 13 heteroatoms. The summed E-state index contributed by atoms with van der Waals surface area (Å²) in [7, 11) is 1.55. The molecule has 0 saturated heterocycles. The highest BCUT2D eigenvalue weighted by atomic mass is 32.1. The Kier molecular flexibility index (Phi) is 8.33. The molecule has 40 heavy (non-hydrogen) atoms. The molecule has 0 atom stereocenters. The van der Waals surface area contributed by atoms with Crippen LogP contribution < -0.4 is 20.8 Å². The first-order chi connectivity index (χ1) is 18.9. The maximum absolute atomic E-state index is 15.1. The van der Waals surface area contributed by atoms with Gasteiger partial charge in [0.05, 0.1) is 17.1 Å². The summed E-state index contributed by atoms with van der Waals surface area (Å²) in [6, 6.07) is 15.1. The summed E-state index contributed by atoms with van der Waals surface area (Å²) in [6.07, 6.45) is -3.46. The minimum absolute atomic E-state index is 0.0235. The number of nitrogens with zero attached hydrogens (tertiary/aromatic N) is 3. The Bertz CT molecular complexity index is 1580. The molecule has 0 aliphatic heterocycles. The second kappa shape index (κ2) is 11.7. The van der Waals surface area contributed by atoms with Crippen LogP contribution in [0.15, 0.2) is 65.8 Å². The molecule has 1 aromatic heterocycles. The van der Waals surface area contributed by atoms with E-state index >= 15 is 4.39 Å². The van der Waals surface area contributed by atoms with Crippen LogP contribution in [0, 0.1) is 5.82 Å². The van der Waals surface area contributed by atoms with E-state index in [9.17, 15) is 18.0 Å². The van der Waals surface area contributed by atoms with E-state index in [0.29, 0.717) is 11.1 Å². The number of thiocarbonyl (C=S) groups is 1. The number of aromatic nitrogens is 2. The van der Waals surface area contributed by atoms with Crippen LogP contribution in [0.2, 0.25) is 0 Å². The fraction of sp³-hybridized carbons (Fsp3) is 0.185. The van der Waals surface area contributed by atoms with Crippen molar-refractivity contribution in [2.75, 3.05) is 10.6 Å². The van der Waals surface area contributed by atoms with Crippen molar-refractivity contribution in [2.24, 2.45) is 12.1 Å². The summed E-state index contributed by atoms with van der Waals surface area (Å²) in [4.78, 5) is 12.8. The van der Waals surface area contributed by atoms with Crippen LogP contribution >= 0.6 is 12.2 Å². The summed E-state index contributed by atoms with van der Waals surface area (Å²) in [5, 5.41) is 14.0. The van der Waals surface area contributed by atoms with E-state index in [1.807, 2.05) is 24.3 Å². The number of para-hydroxylation sites is 1. The highest BCUT2D eigenvalue weighted by Crippen LogP contribution is 2.27. The average Bonchev–Trinajstić information content (AvgIpc) is 3.21. The fourth-order valence-electron chi connectivity index (χ4n) is 3.95. The maximum atomic E-state index is 15.1. The van der Waals surface area contributed by atoms with Crippen LogP contribution in [0.25, 0.3) is 10.9 Å². The SMILES string of the molecule is CC(C)c1ccccc1NC(=S)NN=Cc1cc(F)c2c(C(=O)Nc3ccc(OC(F)(F)F)cc3)nn(C)c2c1. The Morgan fingerprint density at radius 1 is 1.10 bits per heavy atom. The third kappa shape index (κ3) is 6.91. The average molecular weight is 573 g/mol. The van der Waals surface area contributed by atoms with Crippen molar-refractivity contribution in [3.63, 3.8) is 0 Å². The first-order valence-electron chi connectivity index (χ1n) is 11.9. The molecule has 208 valence electrons. The number of aryl methyl sites for hydroxylation is 1. The number of amides is 1. The van der Waals surface area contributed by atoms with Gasteiger partial charge in [-0.1, -0.05) is 32.0 Å². The van der Waals surface area contributed by atoms with Gasteiger partial charge in [-0.05, 0) is 71.7 Å². The van der Waals surface area contributed by atoms with Gasteiger partial charge in [-0.25, -0.2) is 4.39 Å². The Morgan fingerprint density at radius 3 is 2.48 bits per heavy atom. The number of hydrogen-bond donors (Lipinski definition) is 3. The minimum Gasteiger partial charge on any atom is -0.406 e. The molecule has 0 fully saturated rings. The summed E-state index contributed by atoms with van der Waals surface area (Å²) < 4.78 is 57.4. The number of hydrogen-bond acceptors (Lipinski definition) is 5. The van der Waals surface area contributed by atoms with Gasteiger partial charge in [-0.3, -0.25) is 14.9 Å². The zero-order valence-corrected chi connectivity index (χ0v) is 22.3. The highest BCUT2D eigenvalue weighted by Gasteiger charge is 2.31. The van der Waals surface area contributed by atoms with Crippen molar-refractivity contribution in [3.8, 4) is 5.75 Å². The number of alkyl halides is 3. The van der Waals surface area contributed by atoms with Crippen LogP contribution in [-0.4, -0.2) is 33.4 Å². The molecule has 8 nitrogen and oxygen atoms in total. The predicted molar refractivity (Wildman–Crippen MR) is 149 cm³/mol. The van der Waals surface area contributed by atoms with Crippen LogP contribution in [0.5, 0.6) is 5.75 Å². The molecule has 0 aliphatic carbocycles. The number of anilines is 2. The zero-order valence-electron chi connectivity index (χ0n) is 21.5. The van der Waals surface area contributed by atoms with Crippen molar-refractivity contribution in [1.29, 1.82) is 0 Å². The molecule has 3 N–H and O–H groups in total. The Labute approximate surface area is 232 Å². The van der Waals surface area contributed by atoms with E-state index in [0.717, 1.165) is 23.4 Å². The van der Waals surface area contributed by atoms with Gasteiger partial charge in [-0.2, -0.15) is 10.2 Å². The van der Waals surface area contributed by atoms with Gasteiger partial charge < -0.3 is 15.4 Å². The second-order valence-corrected chi connectivity index (χ2v) is 9.37. The standard InChI is InChI=1S/C27H24F4N6O2S/c1-15(2)19-6-4-5-7-21(19)34-26(40)35-32-14-16-12-20(28)23-22(13-16)37(3)36-24(23)25(38)33-17-8-10-18(11-9-17)39-27(29,30)31/h4-15H,1-3H3,(H,33,38)(H2,34,35,40). The number of carbonyl (C=O) groups excluding carboxylic acids is 1. The van der Waals surface area contributed by atoms with Gasteiger partial charge in [0.2, 0.25) is 0 Å². The molecule has 0 spiro atoms. The van der Waals surface area contributed by atoms with Gasteiger partial charge in [0.25, 0.3) is 5.91 Å². The summed E-state index contributed by atoms with van der Waals surface area (Å²) in [5.41, 5.74) is 5.34. The van der Waals surface area contributed by atoms with Gasteiger partial charge in [0, 0.05) is 18.4 Å². The molecule has 4 aromatic rings. The third-order valence-electron chi connectivity index (χ3n) is 5.70. The van der Waals surface area contributed by atoms with Gasteiger partial charge in [0.15, 0.2) is 10.8 Å². The number of halogens is 4. The molecule has 1 amide bonds. The van der Waals surface area contributed by atoms with Crippen LogP contribution in [0.3, 0.4) is 0 Å². The number of ether oxygens (including phenoxy) is 1. The van der Waals surface area contributed by atoms with E-state index in [1.54, 1.807) is 13.1 Å². The smallest absolute Gasteiger partial charge is 0.406 e. The van der Waals surface area contributed by atoms with Crippen molar-refractivity contribution < 1.29 is 27.1 Å². The lowest BCUT2D eigenvalue weighted by molar-refractivity contribution is -0.274.